The molecule has 0 radical (unpaired) electrons. The van der Waals surface area contributed by atoms with Crippen molar-refractivity contribution >= 4 is 17.9 Å². The zero-order valence-electron chi connectivity index (χ0n) is 6.17. The first-order valence-corrected chi connectivity index (χ1v) is 3.74. The Kier molecular flexibility index (Phi) is 5.36. The van der Waals surface area contributed by atoms with Gasteiger partial charge in [0.1, 0.15) is 18.5 Å². The Morgan fingerprint density at radius 3 is 2.00 bits per heavy atom. The van der Waals surface area contributed by atoms with Crippen molar-refractivity contribution in [2.24, 2.45) is 0 Å². The number of halogens is 1. The Bertz CT molecular complexity index is 140. The van der Waals surface area contributed by atoms with Crippen molar-refractivity contribution in [3.63, 3.8) is 0 Å². The lowest BCUT2D eigenvalue weighted by Crippen LogP contribution is -2.42. The van der Waals surface area contributed by atoms with Gasteiger partial charge in [-0.1, -0.05) is 11.6 Å². The summed E-state index contributed by atoms with van der Waals surface area (Å²) in [7, 11) is 0. The van der Waals surface area contributed by atoms with Crippen molar-refractivity contribution in [2.45, 2.75) is 30.3 Å². The molecule has 0 aliphatic heterocycles. The molecule has 0 aromatic rings. The molecule has 0 bridgehead atoms. The average Bonchev–Trinajstić information content (AvgIpc) is 2.02. The Hall–Kier alpha value is -0.200. The topological polar surface area (TPSA) is 98.0 Å². The van der Waals surface area contributed by atoms with Gasteiger partial charge in [-0.2, -0.15) is 0 Å². The van der Waals surface area contributed by atoms with Crippen LogP contribution in [0.2, 0.25) is 0 Å². The summed E-state index contributed by atoms with van der Waals surface area (Å²) in [6, 6.07) is 0. The molecule has 0 saturated carbocycles. The molecule has 0 saturated heterocycles. The molecule has 0 fully saturated rings. The molecule has 4 N–H and O–H groups in total. The van der Waals surface area contributed by atoms with Gasteiger partial charge in [0.2, 0.25) is 0 Å². The van der Waals surface area contributed by atoms with Crippen molar-refractivity contribution in [1.29, 1.82) is 0 Å². The average molecular weight is 199 g/mol. The molecule has 72 valence electrons. The summed E-state index contributed by atoms with van der Waals surface area (Å²) < 4.78 is 0. The number of aliphatic hydroxyl groups is 4. The minimum atomic E-state index is -1.67. The van der Waals surface area contributed by atoms with Crippen LogP contribution in [0.25, 0.3) is 0 Å². The van der Waals surface area contributed by atoms with Crippen LogP contribution in [-0.4, -0.2) is 50.6 Å². The van der Waals surface area contributed by atoms with E-state index >= 15 is 0 Å². The van der Waals surface area contributed by atoms with Gasteiger partial charge in [-0.25, -0.2) is 0 Å². The zero-order valence-corrected chi connectivity index (χ0v) is 6.92. The number of hydrogen-bond acceptors (Lipinski definition) is 5. The van der Waals surface area contributed by atoms with Crippen LogP contribution in [0.15, 0.2) is 0 Å². The molecule has 0 rings (SSSR count). The maximum Gasteiger partial charge on any atom is 0.156 e. The first-order valence-electron chi connectivity index (χ1n) is 3.30. The quantitative estimate of drug-likeness (QED) is 0.309. The number of rotatable bonds is 5. The third-order valence-corrected chi connectivity index (χ3v) is 1.62. The monoisotopic (exact) mass is 198 g/mol. The molecular weight excluding hydrogens is 188 g/mol. The van der Waals surface area contributed by atoms with E-state index in [1.807, 2.05) is 0 Å². The SMILES string of the molecule is O=CC[C@@H](O)[C@H](O)[C@H](O)C(O)Cl. The molecule has 0 spiro atoms. The van der Waals surface area contributed by atoms with Crippen LogP contribution in [0.1, 0.15) is 6.42 Å². The maximum absolute atomic E-state index is 9.86. The van der Waals surface area contributed by atoms with E-state index in [1.54, 1.807) is 0 Å². The van der Waals surface area contributed by atoms with Crippen LogP contribution < -0.4 is 0 Å². The van der Waals surface area contributed by atoms with Crippen molar-refractivity contribution in [3.05, 3.63) is 0 Å². The van der Waals surface area contributed by atoms with Gasteiger partial charge in [-0.3, -0.25) is 0 Å². The normalized spacial score (nSPS) is 21.1. The zero-order chi connectivity index (χ0) is 9.72. The summed E-state index contributed by atoms with van der Waals surface area (Å²) in [6.07, 6.45) is -4.63. The Morgan fingerprint density at radius 1 is 1.17 bits per heavy atom. The fourth-order valence-electron chi connectivity index (χ4n) is 0.628. The molecule has 12 heavy (non-hydrogen) atoms. The van der Waals surface area contributed by atoms with Gasteiger partial charge in [0.15, 0.2) is 5.56 Å². The molecule has 5 nitrogen and oxygen atoms in total. The Balaban J connectivity index is 3.98. The van der Waals surface area contributed by atoms with Gasteiger partial charge in [-0.05, 0) is 0 Å². The molecule has 0 amide bonds. The predicted molar refractivity (Wildman–Crippen MR) is 40.6 cm³/mol. The second-order valence-corrected chi connectivity index (χ2v) is 2.77. The van der Waals surface area contributed by atoms with Crippen molar-refractivity contribution < 1.29 is 25.2 Å². The number of carbonyl (C=O) groups is 1. The lowest BCUT2D eigenvalue weighted by Gasteiger charge is -2.22. The van der Waals surface area contributed by atoms with E-state index in [-0.39, 0.29) is 6.42 Å². The second-order valence-electron chi connectivity index (χ2n) is 2.32. The van der Waals surface area contributed by atoms with Crippen molar-refractivity contribution in [1.82, 2.24) is 0 Å². The summed E-state index contributed by atoms with van der Waals surface area (Å²) >= 11 is 5.01. The molecule has 1 unspecified atom stereocenters. The van der Waals surface area contributed by atoms with Crippen LogP contribution in [0, 0.1) is 0 Å². The number of carbonyl (C=O) groups excluding carboxylic acids is 1. The highest BCUT2D eigenvalue weighted by molar-refractivity contribution is 6.19. The molecule has 0 aliphatic rings. The fraction of sp³-hybridized carbons (Fsp3) is 0.833. The standard InChI is InChI=1S/C6H11ClO5/c7-6(12)5(11)4(10)3(9)1-2-8/h2-6,9-12H,1H2/t3-,4+,5+,6?/m1/s1. The first kappa shape index (κ1) is 11.8. The van der Waals surface area contributed by atoms with Gasteiger partial charge in [0.05, 0.1) is 6.10 Å². The molecule has 0 aromatic heterocycles. The third kappa shape index (κ3) is 3.46. The van der Waals surface area contributed by atoms with E-state index in [9.17, 15) is 4.79 Å². The highest BCUT2D eigenvalue weighted by Crippen LogP contribution is 2.09. The lowest BCUT2D eigenvalue weighted by atomic mass is 10.1. The van der Waals surface area contributed by atoms with Crippen LogP contribution in [-0.2, 0) is 4.79 Å². The summed E-state index contributed by atoms with van der Waals surface area (Å²) in [5, 5.41) is 35.4. The number of alkyl halides is 1. The first-order chi connectivity index (χ1) is 5.50. The highest BCUT2D eigenvalue weighted by atomic mass is 35.5. The fourth-order valence-corrected chi connectivity index (χ4v) is 0.777. The maximum atomic E-state index is 9.86. The van der Waals surface area contributed by atoms with E-state index in [2.05, 4.69) is 0 Å². The minimum absolute atomic E-state index is 0.318. The molecule has 4 atom stereocenters. The van der Waals surface area contributed by atoms with Gasteiger partial charge in [0, 0.05) is 6.42 Å². The third-order valence-electron chi connectivity index (χ3n) is 1.36. The van der Waals surface area contributed by atoms with E-state index in [1.165, 1.54) is 0 Å². The van der Waals surface area contributed by atoms with Gasteiger partial charge >= 0.3 is 0 Å². The number of aliphatic hydroxyl groups excluding tert-OH is 4. The largest absolute Gasteiger partial charge is 0.390 e. The molecule has 0 heterocycles. The van der Waals surface area contributed by atoms with E-state index in [0.29, 0.717) is 6.29 Å². The van der Waals surface area contributed by atoms with Gasteiger partial charge < -0.3 is 25.2 Å². The number of hydrogen-bond donors (Lipinski definition) is 4. The minimum Gasteiger partial charge on any atom is -0.390 e. The van der Waals surface area contributed by atoms with Crippen molar-refractivity contribution in [2.75, 3.05) is 0 Å². The van der Waals surface area contributed by atoms with E-state index < -0.39 is 23.9 Å². The van der Waals surface area contributed by atoms with E-state index in [4.69, 9.17) is 32.0 Å². The second kappa shape index (κ2) is 5.45. The van der Waals surface area contributed by atoms with Crippen molar-refractivity contribution in [3.8, 4) is 0 Å². The summed E-state index contributed by atoms with van der Waals surface area (Å²) in [4.78, 5) is 9.86. The molecule has 0 aliphatic carbocycles. The van der Waals surface area contributed by atoms with Gasteiger partial charge in [-0.15, -0.1) is 0 Å². The Morgan fingerprint density at radius 2 is 1.67 bits per heavy atom. The van der Waals surface area contributed by atoms with Crippen LogP contribution in [0.5, 0.6) is 0 Å². The molecule has 6 heteroatoms. The predicted octanol–water partition coefficient (Wildman–Crippen LogP) is -1.78. The number of aldehydes is 1. The summed E-state index contributed by atoms with van der Waals surface area (Å²) in [5.74, 6) is 0. The van der Waals surface area contributed by atoms with Crippen LogP contribution >= 0.6 is 11.6 Å². The smallest absolute Gasteiger partial charge is 0.156 e. The molecular formula is C6H11ClO5. The summed E-state index contributed by atoms with van der Waals surface area (Å²) in [5.41, 5.74) is -1.67. The Labute approximate surface area is 74.2 Å². The van der Waals surface area contributed by atoms with Crippen LogP contribution in [0.3, 0.4) is 0 Å². The summed E-state index contributed by atoms with van der Waals surface area (Å²) in [6.45, 7) is 0. The van der Waals surface area contributed by atoms with Gasteiger partial charge in [0.25, 0.3) is 0 Å². The van der Waals surface area contributed by atoms with E-state index in [0.717, 1.165) is 0 Å². The van der Waals surface area contributed by atoms with Crippen LogP contribution in [0.4, 0.5) is 0 Å². The molecule has 0 aromatic carbocycles. The highest BCUT2D eigenvalue weighted by Gasteiger charge is 2.28. The lowest BCUT2D eigenvalue weighted by molar-refractivity contribution is -0.116.